The molecule has 0 atom stereocenters. The highest BCUT2D eigenvalue weighted by Crippen LogP contribution is 2.20. The number of nitrogens with zero attached hydrogens (tertiary/aromatic N) is 1. The van der Waals surface area contributed by atoms with Gasteiger partial charge in [0.25, 0.3) is 5.91 Å². The van der Waals surface area contributed by atoms with E-state index < -0.39 is 35.0 Å². The number of carboxylic acid groups (broad SMARTS) is 1. The summed E-state index contributed by atoms with van der Waals surface area (Å²) in [5.74, 6) is -6.97. The molecule has 0 fully saturated rings. The molecule has 1 heterocycles. The number of nitrogens with one attached hydrogen (secondary N) is 1. The fraction of sp³-hybridized carbons (Fsp3) is 0. The number of hydrogen-bond donors (Lipinski definition) is 2. The van der Waals surface area contributed by atoms with Crippen LogP contribution >= 0.6 is 0 Å². The average Bonchev–Trinajstić information content (AvgIpc) is 2.48. The summed E-state index contributed by atoms with van der Waals surface area (Å²) >= 11 is 0. The molecule has 1 amide bonds. The van der Waals surface area contributed by atoms with Gasteiger partial charge >= 0.3 is 5.97 Å². The zero-order valence-corrected chi connectivity index (χ0v) is 10.2. The van der Waals surface area contributed by atoms with Crippen LogP contribution in [0.1, 0.15) is 21.0 Å². The number of hydrogen-bond acceptors (Lipinski definition) is 3. The first-order valence-corrected chi connectivity index (χ1v) is 5.55. The number of pyridine rings is 1. The third-order valence-electron chi connectivity index (χ3n) is 2.48. The number of rotatable bonds is 3. The summed E-state index contributed by atoms with van der Waals surface area (Å²) in [4.78, 5) is 26.0. The van der Waals surface area contributed by atoms with Crippen LogP contribution in [0.2, 0.25) is 0 Å². The molecular formula is C13H7F3N2O3. The van der Waals surface area contributed by atoms with Crippen molar-refractivity contribution in [3.63, 3.8) is 0 Å². The summed E-state index contributed by atoms with van der Waals surface area (Å²) in [6, 6.07) is 5.12. The lowest BCUT2D eigenvalue weighted by molar-refractivity contribution is 0.0690. The van der Waals surface area contributed by atoms with Crippen LogP contribution in [-0.2, 0) is 0 Å². The van der Waals surface area contributed by atoms with E-state index in [1.165, 1.54) is 12.1 Å². The Morgan fingerprint density at radius 2 is 1.67 bits per heavy atom. The smallest absolute Gasteiger partial charge is 0.354 e. The van der Waals surface area contributed by atoms with E-state index in [1.807, 2.05) is 5.32 Å². The van der Waals surface area contributed by atoms with Crippen molar-refractivity contribution in [1.29, 1.82) is 0 Å². The lowest BCUT2D eigenvalue weighted by Crippen LogP contribution is -2.16. The number of halogens is 3. The molecule has 5 nitrogen and oxygen atoms in total. The maximum absolute atomic E-state index is 13.4. The molecule has 2 N–H and O–H groups in total. The van der Waals surface area contributed by atoms with Gasteiger partial charge in [0.15, 0.2) is 17.5 Å². The lowest BCUT2D eigenvalue weighted by atomic mass is 10.2. The maximum Gasteiger partial charge on any atom is 0.354 e. The number of benzene rings is 1. The van der Waals surface area contributed by atoms with Gasteiger partial charge < -0.3 is 10.4 Å². The summed E-state index contributed by atoms with van der Waals surface area (Å²) < 4.78 is 39.2. The highest BCUT2D eigenvalue weighted by molar-refractivity contribution is 6.03. The predicted octanol–water partition coefficient (Wildman–Crippen LogP) is 2.45. The molecule has 0 unspecified atom stereocenters. The second-order valence-corrected chi connectivity index (χ2v) is 3.89. The maximum atomic E-state index is 13.4. The van der Waals surface area contributed by atoms with E-state index in [-0.39, 0.29) is 11.4 Å². The summed E-state index contributed by atoms with van der Waals surface area (Å²) in [5, 5.41) is 10.7. The van der Waals surface area contributed by atoms with Gasteiger partial charge in [-0.05, 0) is 24.3 Å². The monoisotopic (exact) mass is 296 g/mol. The third-order valence-corrected chi connectivity index (χ3v) is 2.48. The number of amides is 1. The molecule has 0 bridgehead atoms. The largest absolute Gasteiger partial charge is 0.477 e. The molecule has 0 saturated heterocycles. The van der Waals surface area contributed by atoms with E-state index in [1.54, 1.807) is 0 Å². The first-order chi connectivity index (χ1) is 9.90. The highest BCUT2D eigenvalue weighted by atomic mass is 19.2. The lowest BCUT2D eigenvalue weighted by Gasteiger charge is -2.07. The van der Waals surface area contributed by atoms with Gasteiger partial charge in [-0.25, -0.2) is 22.9 Å². The Kier molecular flexibility index (Phi) is 3.88. The molecular weight excluding hydrogens is 289 g/mol. The van der Waals surface area contributed by atoms with Crippen molar-refractivity contribution in [1.82, 2.24) is 4.98 Å². The van der Waals surface area contributed by atoms with Crippen LogP contribution < -0.4 is 5.32 Å². The van der Waals surface area contributed by atoms with Crippen molar-refractivity contribution in [3.05, 3.63) is 59.2 Å². The Morgan fingerprint density at radius 1 is 1.00 bits per heavy atom. The number of aromatic nitrogens is 1. The van der Waals surface area contributed by atoms with Crippen LogP contribution in [0.25, 0.3) is 0 Å². The van der Waals surface area contributed by atoms with Crippen LogP contribution in [0.15, 0.2) is 30.3 Å². The Balaban J connectivity index is 2.28. The molecule has 1 aromatic heterocycles. The van der Waals surface area contributed by atoms with Gasteiger partial charge in [-0.3, -0.25) is 4.79 Å². The Labute approximate surface area is 116 Å². The Hall–Kier alpha value is -2.90. The fourth-order valence-electron chi connectivity index (χ4n) is 1.49. The number of carbonyl (C=O) groups excluding carboxylic acids is 1. The number of aromatic carboxylic acids is 1. The van der Waals surface area contributed by atoms with Gasteiger partial charge in [-0.15, -0.1) is 0 Å². The highest BCUT2D eigenvalue weighted by Gasteiger charge is 2.17. The van der Waals surface area contributed by atoms with Gasteiger partial charge in [0, 0.05) is 0 Å². The molecule has 0 aliphatic carbocycles. The van der Waals surface area contributed by atoms with E-state index in [0.29, 0.717) is 6.07 Å². The predicted molar refractivity (Wildman–Crippen MR) is 65.5 cm³/mol. The van der Waals surface area contributed by atoms with Gasteiger partial charge in [0.05, 0.1) is 5.69 Å². The van der Waals surface area contributed by atoms with E-state index in [9.17, 15) is 22.8 Å². The van der Waals surface area contributed by atoms with Gasteiger partial charge in [0.2, 0.25) is 0 Å². The summed E-state index contributed by atoms with van der Waals surface area (Å²) in [7, 11) is 0. The van der Waals surface area contributed by atoms with Gasteiger partial charge in [-0.1, -0.05) is 6.07 Å². The second-order valence-electron chi connectivity index (χ2n) is 3.89. The SMILES string of the molecule is O=C(O)c1cccc(C(=O)Nc2ccc(F)c(F)c2F)n1. The van der Waals surface area contributed by atoms with Crippen LogP contribution in [0.4, 0.5) is 18.9 Å². The van der Waals surface area contributed by atoms with Crippen molar-refractivity contribution < 1.29 is 27.9 Å². The first kappa shape index (κ1) is 14.5. The Bertz CT molecular complexity index is 735. The van der Waals surface area contributed by atoms with Crippen LogP contribution in [0.5, 0.6) is 0 Å². The zero-order valence-electron chi connectivity index (χ0n) is 10.2. The summed E-state index contributed by atoms with van der Waals surface area (Å²) in [6.45, 7) is 0. The Morgan fingerprint density at radius 3 is 2.33 bits per heavy atom. The van der Waals surface area contributed by atoms with Crippen molar-refractivity contribution in [2.75, 3.05) is 5.32 Å². The molecule has 2 aromatic rings. The average molecular weight is 296 g/mol. The standard InChI is InChI=1S/C13H7F3N2O3/c14-6-4-5-7(11(16)10(6)15)18-12(19)8-2-1-3-9(17-8)13(20)21/h1-5H,(H,18,19)(H,20,21). The number of carbonyl (C=O) groups is 2. The zero-order chi connectivity index (χ0) is 15.6. The molecule has 0 spiro atoms. The minimum absolute atomic E-state index is 0.306. The summed E-state index contributed by atoms with van der Waals surface area (Å²) in [6.07, 6.45) is 0. The van der Waals surface area contributed by atoms with E-state index in [2.05, 4.69) is 4.98 Å². The van der Waals surface area contributed by atoms with Crippen molar-refractivity contribution in [2.24, 2.45) is 0 Å². The second kappa shape index (κ2) is 5.61. The fourth-order valence-corrected chi connectivity index (χ4v) is 1.49. The van der Waals surface area contributed by atoms with E-state index >= 15 is 0 Å². The molecule has 0 aliphatic rings. The van der Waals surface area contributed by atoms with Crippen molar-refractivity contribution >= 4 is 17.6 Å². The minimum Gasteiger partial charge on any atom is -0.477 e. The van der Waals surface area contributed by atoms with Crippen LogP contribution in [0.3, 0.4) is 0 Å². The van der Waals surface area contributed by atoms with Crippen LogP contribution in [0, 0.1) is 17.5 Å². The van der Waals surface area contributed by atoms with Gasteiger partial charge in [-0.2, -0.15) is 0 Å². The van der Waals surface area contributed by atoms with Crippen molar-refractivity contribution in [3.8, 4) is 0 Å². The number of carboxylic acids is 1. The molecule has 0 saturated carbocycles. The van der Waals surface area contributed by atoms with Gasteiger partial charge in [0.1, 0.15) is 11.4 Å². The quantitative estimate of drug-likeness (QED) is 0.853. The van der Waals surface area contributed by atoms with Crippen LogP contribution in [-0.4, -0.2) is 22.0 Å². The minimum atomic E-state index is -1.72. The van der Waals surface area contributed by atoms with Crippen molar-refractivity contribution in [2.45, 2.75) is 0 Å². The first-order valence-electron chi connectivity index (χ1n) is 5.55. The third kappa shape index (κ3) is 2.99. The molecule has 0 aliphatic heterocycles. The molecule has 2 rings (SSSR count). The van der Waals surface area contributed by atoms with E-state index in [4.69, 9.17) is 5.11 Å². The normalized spacial score (nSPS) is 10.2. The molecule has 8 heteroatoms. The summed E-state index contributed by atoms with van der Waals surface area (Å²) in [5.41, 5.74) is -1.27. The molecule has 108 valence electrons. The molecule has 0 radical (unpaired) electrons. The van der Waals surface area contributed by atoms with E-state index in [0.717, 1.165) is 12.1 Å². The number of anilines is 1. The molecule has 21 heavy (non-hydrogen) atoms. The molecule has 1 aromatic carbocycles. The topological polar surface area (TPSA) is 79.3 Å².